The summed E-state index contributed by atoms with van der Waals surface area (Å²) in [7, 11) is 0. The molecule has 2 heterocycles. The molecule has 1 amide bonds. The maximum Gasteiger partial charge on any atom is 0.211 e. The van der Waals surface area contributed by atoms with E-state index in [0.29, 0.717) is 18.6 Å². The number of nitrogens with zero attached hydrogens (tertiary/aromatic N) is 2. The Morgan fingerprint density at radius 2 is 2.35 bits per heavy atom. The van der Waals surface area contributed by atoms with Crippen molar-refractivity contribution in [3.05, 3.63) is 42.6 Å². The molecule has 6 nitrogen and oxygen atoms in total. The number of fused-ring (bicyclic) bond motifs is 1. The number of phenolic OH excluding ortho intramolecular Hbond substituents is 1. The van der Waals surface area contributed by atoms with Crippen molar-refractivity contribution in [3.8, 4) is 5.75 Å². The van der Waals surface area contributed by atoms with E-state index in [0.717, 1.165) is 23.0 Å². The largest absolute Gasteiger partial charge is 0.506 e. The van der Waals surface area contributed by atoms with E-state index in [2.05, 4.69) is 15.3 Å². The monoisotopic (exact) mass is 270 g/mol. The van der Waals surface area contributed by atoms with Gasteiger partial charge in [-0.25, -0.2) is 4.98 Å². The van der Waals surface area contributed by atoms with E-state index in [1.165, 1.54) is 0 Å². The van der Waals surface area contributed by atoms with Gasteiger partial charge >= 0.3 is 0 Å². The number of carbonyl (C=O) groups is 1. The van der Waals surface area contributed by atoms with Gasteiger partial charge in [0.2, 0.25) is 6.41 Å². The molecule has 0 saturated heterocycles. The van der Waals surface area contributed by atoms with Gasteiger partial charge < -0.3 is 20.0 Å². The van der Waals surface area contributed by atoms with E-state index >= 15 is 0 Å². The summed E-state index contributed by atoms with van der Waals surface area (Å²) in [5.74, 6) is 0.200. The molecular weight excluding hydrogens is 256 g/mol. The summed E-state index contributed by atoms with van der Waals surface area (Å²) in [5.41, 5.74) is 2.43. The lowest BCUT2D eigenvalue weighted by Crippen LogP contribution is -2.00. The Bertz CT molecular complexity index is 731. The molecule has 0 aliphatic carbocycles. The summed E-state index contributed by atoms with van der Waals surface area (Å²) in [4.78, 5) is 17.7. The van der Waals surface area contributed by atoms with Crippen LogP contribution in [0.4, 0.5) is 5.69 Å². The highest BCUT2D eigenvalue weighted by molar-refractivity contribution is 5.99. The number of aromatic nitrogens is 3. The van der Waals surface area contributed by atoms with Crippen LogP contribution in [0.15, 0.2) is 36.9 Å². The molecule has 0 radical (unpaired) electrons. The molecule has 0 unspecified atom stereocenters. The fraction of sp³-hybridized carbons (Fsp3) is 0.143. The maximum atomic E-state index is 10.7. The highest BCUT2D eigenvalue weighted by Gasteiger charge is 2.11. The number of benzene rings is 1. The van der Waals surface area contributed by atoms with E-state index in [4.69, 9.17) is 0 Å². The summed E-state index contributed by atoms with van der Waals surface area (Å²) < 4.78 is 1.93. The van der Waals surface area contributed by atoms with Gasteiger partial charge in [-0.05, 0) is 6.07 Å². The number of amides is 1. The molecule has 0 bridgehead atoms. The third-order valence-corrected chi connectivity index (χ3v) is 3.27. The van der Waals surface area contributed by atoms with Crippen LogP contribution in [0.1, 0.15) is 5.69 Å². The first-order chi connectivity index (χ1) is 9.79. The lowest BCUT2D eigenvalue weighted by molar-refractivity contribution is -0.105. The molecule has 0 spiro atoms. The predicted octanol–water partition coefficient (Wildman–Crippen LogP) is 1.88. The van der Waals surface area contributed by atoms with Crippen LogP contribution in [-0.2, 0) is 17.8 Å². The number of nitrogens with one attached hydrogen (secondary N) is 2. The van der Waals surface area contributed by atoms with Crippen LogP contribution in [0.25, 0.3) is 10.9 Å². The Morgan fingerprint density at radius 3 is 3.10 bits per heavy atom. The summed E-state index contributed by atoms with van der Waals surface area (Å²) in [6, 6.07) is 5.26. The molecule has 0 atom stereocenters. The molecular formula is C14H14N4O2. The molecule has 1 aromatic carbocycles. The SMILES string of the molecule is O=CNc1cn(CCc2cnc[nH]2)c2c(O)cccc12. The van der Waals surface area contributed by atoms with Gasteiger partial charge in [0.15, 0.2) is 0 Å². The minimum absolute atomic E-state index is 0.200. The third kappa shape index (κ3) is 2.11. The highest BCUT2D eigenvalue weighted by Crippen LogP contribution is 2.32. The third-order valence-electron chi connectivity index (χ3n) is 3.27. The number of aromatic amines is 1. The number of para-hydroxylation sites is 1. The predicted molar refractivity (Wildman–Crippen MR) is 75.6 cm³/mol. The molecule has 3 N–H and O–H groups in total. The number of hydrogen-bond donors (Lipinski definition) is 3. The van der Waals surface area contributed by atoms with E-state index in [9.17, 15) is 9.90 Å². The molecule has 20 heavy (non-hydrogen) atoms. The van der Waals surface area contributed by atoms with Crippen LogP contribution >= 0.6 is 0 Å². The molecule has 0 aliphatic heterocycles. The van der Waals surface area contributed by atoms with Gasteiger partial charge in [-0.15, -0.1) is 0 Å². The zero-order valence-corrected chi connectivity index (χ0v) is 10.7. The van der Waals surface area contributed by atoms with Crippen molar-refractivity contribution in [2.24, 2.45) is 0 Å². The Morgan fingerprint density at radius 1 is 1.45 bits per heavy atom. The standard InChI is InChI=1S/C14H14N4O2/c19-9-17-12-7-18(5-4-10-6-15-8-16-10)14-11(12)2-1-3-13(14)20/h1-3,6-9,20H,4-5H2,(H,15,16)(H,17,19). The van der Waals surface area contributed by atoms with Gasteiger partial charge in [0.1, 0.15) is 5.75 Å². The lowest BCUT2D eigenvalue weighted by atomic mass is 10.2. The molecule has 2 aromatic heterocycles. The number of imidazole rings is 1. The van der Waals surface area contributed by atoms with E-state index in [1.54, 1.807) is 24.7 Å². The van der Waals surface area contributed by atoms with Crippen LogP contribution in [0.5, 0.6) is 5.75 Å². The van der Waals surface area contributed by atoms with Gasteiger partial charge in [0, 0.05) is 36.4 Å². The first kappa shape index (κ1) is 12.3. The highest BCUT2D eigenvalue weighted by atomic mass is 16.3. The van der Waals surface area contributed by atoms with Crippen molar-refractivity contribution in [2.75, 3.05) is 5.32 Å². The van der Waals surface area contributed by atoms with Crippen molar-refractivity contribution in [2.45, 2.75) is 13.0 Å². The maximum absolute atomic E-state index is 10.7. The van der Waals surface area contributed by atoms with E-state index in [1.807, 2.05) is 16.8 Å². The normalized spacial score (nSPS) is 10.8. The molecule has 102 valence electrons. The van der Waals surface area contributed by atoms with Gasteiger partial charge in [-0.3, -0.25) is 4.79 Å². The minimum atomic E-state index is 0.200. The number of aryl methyl sites for hydroxylation is 2. The van der Waals surface area contributed by atoms with Gasteiger partial charge in [-0.1, -0.05) is 12.1 Å². The zero-order chi connectivity index (χ0) is 13.9. The van der Waals surface area contributed by atoms with E-state index in [-0.39, 0.29) is 5.75 Å². The number of carbonyl (C=O) groups excluding carboxylic acids is 1. The second-order valence-corrected chi connectivity index (χ2v) is 4.50. The average Bonchev–Trinajstić information content (AvgIpc) is 3.06. The smallest absolute Gasteiger partial charge is 0.211 e. The van der Waals surface area contributed by atoms with Crippen LogP contribution in [0.3, 0.4) is 0 Å². The second-order valence-electron chi connectivity index (χ2n) is 4.50. The van der Waals surface area contributed by atoms with Gasteiger partial charge in [0.05, 0.1) is 17.5 Å². The van der Waals surface area contributed by atoms with Crippen LogP contribution < -0.4 is 5.32 Å². The van der Waals surface area contributed by atoms with Gasteiger partial charge in [-0.2, -0.15) is 0 Å². The minimum Gasteiger partial charge on any atom is -0.506 e. The second kappa shape index (κ2) is 5.08. The van der Waals surface area contributed by atoms with Crippen molar-refractivity contribution in [3.63, 3.8) is 0 Å². The van der Waals surface area contributed by atoms with Crippen LogP contribution in [0.2, 0.25) is 0 Å². The Kier molecular flexibility index (Phi) is 3.12. The quantitative estimate of drug-likeness (QED) is 0.619. The summed E-state index contributed by atoms with van der Waals surface area (Å²) >= 11 is 0. The first-order valence-electron chi connectivity index (χ1n) is 6.28. The summed E-state index contributed by atoms with van der Waals surface area (Å²) in [6.07, 6.45) is 6.64. The molecule has 3 rings (SSSR count). The molecule has 3 aromatic rings. The summed E-state index contributed by atoms with van der Waals surface area (Å²) in [6.45, 7) is 0.677. The summed E-state index contributed by atoms with van der Waals surface area (Å²) in [5, 5.41) is 13.5. The number of hydrogen-bond acceptors (Lipinski definition) is 3. The fourth-order valence-corrected chi connectivity index (χ4v) is 2.36. The van der Waals surface area contributed by atoms with Crippen molar-refractivity contribution >= 4 is 23.0 Å². The van der Waals surface area contributed by atoms with Gasteiger partial charge in [0.25, 0.3) is 0 Å². The van der Waals surface area contributed by atoms with Crippen LogP contribution in [-0.4, -0.2) is 26.1 Å². The number of H-pyrrole nitrogens is 1. The lowest BCUT2D eigenvalue weighted by Gasteiger charge is -2.05. The Balaban J connectivity index is 1.98. The molecule has 6 heteroatoms. The molecule has 0 fully saturated rings. The topological polar surface area (TPSA) is 82.9 Å². The number of aromatic hydroxyl groups is 1. The van der Waals surface area contributed by atoms with E-state index < -0.39 is 0 Å². The average molecular weight is 270 g/mol. The fourth-order valence-electron chi connectivity index (χ4n) is 2.36. The van der Waals surface area contributed by atoms with Crippen LogP contribution in [0, 0.1) is 0 Å². The number of anilines is 1. The van der Waals surface area contributed by atoms with Crippen molar-refractivity contribution in [1.82, 2.24) is 14.5 Å². The molecule has 0 aliphatic rings. The number of phenols is 1. The Labute approximate surface area is 115 Å². The molecule has 0 saturated carbocycles. The van der Waals surface area contributed by atoms with Crippen molar-refractivity contribution in [1.29, 1.82) is 0 Å². The van der Waals surface area contributed by atoms with Crippen molar-refractivity contribution < 1.29 is 9.90 Å². The Hall–Kier alpha value is -2.76. The number of rotatable bonds is 5. The first-order valence-corrected chi connectivity index (χ1v) is 6.28. The zero-order valence-electron chi connectivity index (χ0n) is 10.7.